The summed E-state index contributed by atoms with van der Waals surface area (Å²) in [4.78, 5) is 13.8. The molecule has 0 radical (unpaired) electrons. The van der Waals surface area contributed by atoms with Gasteiger partial charge in [-0.05, 0) is 18.9 Å². The molecule has 0 aromatic heterocycles. The summed E-state index contributed by atoms with van der Waals surface area (Å²) in [6.45, 7) is 3.92. The molecule has 1 aliphatic rings. The van der Waals surface area contributed by atoms with Crippen molar-refractivity contribution in [1.82, 2.24) is 9.62 Å². The Morgan fingerprint density at radius 3 is 2.44 bits per heavy atom. The number of rotatable bonds is 6. The molecule has 0 saturated carbocycles. The van der Waals surface area contributed by atoms with Crippen LogP contribution in [0.4, 0.5) is 0 Å². The van der Waals surface area contributed by atoms with Crippen molar-refractivity contribution < 1.29 is 17.9 Å². The average molecular weight is 428 g/mol. The second-order valence-electron chi connectivity index (χ2n) is 5.47. The van der Waals surface area contributed by atoms with Gasteiger partial charge in [-0.25, -0.2) is 13.1 Å². The van der Waals surface area contributed by atoms with Crippen molar-refractivity contribution in [3.63, 3.8) is 0 Å². The summed E-state index contributed by atoms with van der Waals surface area (Å²) in [6, 6.07) is 2.69. The molecule has 1 heterocycles. The number of carbonyl (C=O) groups is 1. The molecular formula is C15H17Cl3N2O4S. The number of carbonyl (C=O) groups excluding carboxylic acids is 1. The number of hydrogen-bond acceptors (Lipinski definition) is 4. The molecule has 0 unspecified atom stereocenters. The van der Waals surface area contributed by atoms with E-state index in [9.17, 15) is 13.2 Å². The van der Waals surface area contributed by atoms with Crippen LogP contribution in [0.25, 0.3) is 0 Å². The van der Waals surface area contributed by atoms with Gasteiger partial charge < -0.3 is 9.64 Å². The molecule has 138 valence electrons. The monoisotopic (exact) mass is 426 g/mol. The van der Waals surface area contributed by atoms with Gasteiger partial charge in [0.15, 0.2) is 6.61 Å². The van der Waals surface area contributed by atoms with Crippen LogP contribution in [0, 0.1) is 0 Å². The van der Waals surface area contributed by atoms with Gasteiger partial charge in [0.25, 0.3) is 5.91 Å². The zero-order chi connectivity index (χ0) is 18.6. The highest BCUT2D eigenvalue weighted by molar-refractivity contribution is 7.92. The van der Waals surface area contributed by atoms with Crippen molar-refractivity contribution in [2.45, 2.75) is 18.9 Å². The maximum Gasteiger partial charge on any atom is 0.260 e. The molecule has 1 aromatic rings. The van der Waals surface area contributed by atoms with Crippen LogP contribution in [0.2, 0.25) is 15.1 Å². The topological polar surface area (TPSA) is 75.7 Å². The van der Waals surface area contributed by atoms with Crippen LogP contribution < -0.4 is 9.46 Å². The van der Waals surface area contributed by atoms with Crippen LogP contribution in [0.15, 0.2) is 24.1 Å². The van der Waals surface area contributed by atoms with Crippen LogP contribution in [0.5, 0.6) is 5.75 Å². The lowest BCUT2D eigenvalue weighted by molar-refractivity contribution is -0.134. The van der Waals surface area contributed by atoms with Crippen LogP contribution in [-0.2, 0) is 14.8 Å². The summed E-state index contributed by atoms with van der Waals surface area (Å²) in [5.41, 5.74) is 0. The molecule has 10 heteroatoms. The first-order valence-corrected chi connectivity index (χ1v) is 10.1. The van der Waals surface area contributed by atoms with Crippen molar-refractivity contribution in [2.75, 3.05) is 19.7 Å². The Labute approximate surface area is 161 Å². The lowest BCUT2D eigenvalue weighted by atomic mass is 10.1. The number of piperidine rings is 1. The number of hydrogen-bond donors (Lipinski definition) is 1. The molecule has 0 atom stereocenters. The van der Waals surface area contributed by atoms with Gasteiger partial charge in [-0.1, -0.05) is 41.4 Å². The molecule has 1 aromatic carbocycles. The maximum atomic E-state index is 12.2. The van der Waals surface area contributed by atoms with Crippen molar-refractivity contribution in [2.24, 2.45) is 0 Å². The molecular weight excluding hydrogens is 411 g/mol. The summed E-state index contributed by atoms with van der Waals surface area (Å²) in [6.07, 6.45) is 1.04. The van der Waals surface area contributed by atoms with E-state index in [1.165, 1.54) is 12.1 Å². The molecule has 2 rings (SSSR count). The lowest BCUT2D eigenvalue weighted by Gasteiger charge is -2.32. The molecule has 1 saturated heterocycles. The van der Waals surface area contributed by atoms with E-state index in [-0.39, 0.29) is 34.4 Å². The van der Waals surface area contributed by atoms with Gasteiger partial charge in [0.1, 0.15) is 5.75 Å². The molecule has 1 N–H and O–H groups in total. The number of sulfonamides is 1. The van der Waals surface area contributed by atoms with Gasteiger partial charge in [-0.15, -0.1) is 0 Å². The summed E-state index contributed by atoms with van der Waals surface area (Å²) in [5, 5.41) is 1.72. The third-order valence-electron chi connectivity index (χ3n) is 3.72. The molecule has 0 aliphatic carbocycles. The summed E-state index contributed by atoms with van der Waals surface area (Å²) >= 11 is 17.7. The predicted molar refractivity (Wildman–Crippen MR) is 98.8 cm³/mol. The number of benzene rings is 1. The minimum absolute atomic E-state index is 0.194. The molecule has 0 bridgehead atoms. The third kappa shape index (κ3) is 5.76. The fourth-order valence-corrected chi connectivity index (χ4v) is 3.76. The van der Waals surface area contributed by atoms with E-state index >= 15 is 0 Å². The van der Waals surface area contributed by atoms with Gasteiger partial charge in [0.2, 0.25) is 10.0 Å². The first-order chi connectivity index (χ1) is 11.7. The van der Waals surface area contributed by atoms with E-state index in [0.717, 1.165) is 5.41 Å². The van der Waals surface area contributed by atoms with E-state index in [1.54, 1.807) is 4.90 Å². The molecule has 1 aliphatic heterocycles. The third-order valence-corrected chi connectivity index (χ3v) is 5.84. The fourth-order valence-electron chi connectivity index (χ4n) is 2.37. The smallest absolute Gasteiger partial charge is 0.260 e. The predicted octanol–water partition coefficient (Wildman–Crippen LogP) is 3.08. The second-order valence-corrected chi connectivity index (χ2v) is 8.35. The van der Waals surface area contributed by atoms with Gasteiger partial charge in [-0.3, -0.25) is 4.79 Å². The molecule has 1 fully saturated rings. The fraction of sp³-hybridized carbons (Fsp3) is 0.400. The van der Waals surface area contributed by atoms with Gasteiger partial charge >= 0.3 is 0 Å². The van der Waals surface area contributed by atoms with Crippen molar-refractivity contribution >= 4 is 50.7 Å². The Kier molecular flexibility index (Phi) is 6.99. The van der Waals surface area contributed by atoms with E-state index in [0.29, 0.717) is 31.0 Å². The Morgan fingerprint density at radius 1 is 1.24 bits per heavy atom. The normalized spacial score (nSPS) is 15.9. The van der Waals surface area contributed by atoms with E-state index < -0.39 is 10.0 Å². The standard InChI is InChI=1S/C15H17Cl3N2O4S/c1-2-25(22,23)19-10-3-5-20(6-4-10)15(21)9-24-14-8-12(17)11(16)7-13(14)18/h2,7-8,10,19H,1,3-6,9H2. The highest BCUT2D eigenvalue weighted by Crippen LogP contribution is 2.33. The highest BCUT2D eigenvalue weighted by Gasteiger charge is 2.25. The minimum Gasteiger partial charge on any atom is -0.482 e. The Morgan fingerprint density at radius 2 is 1.84 bits per heavy atom. The number of amides is 1. The number of likely N-dealkylation sites (tertiary alicyclic amines) is 1. The van der Waals surface area contributed by atoms with E-state index in [4.69, 9.17) is 39.5 Å². The van der Waals surface area contributed by atoms with Crippen LogP contribution in [-0.4, -0.2) is 45.0 Å². The molecule has 25 heavy (non-hydrogen) atoms. The Bertz CT molecular complexity index is 762. The average Bonchev–Trinajstić information content (AvgIpc) is 2.57. The molecule has 0 spiro atoms. The summed E-state index contributed by atoms with van der Waals surface area (Å²) < 4.78 is 30.9. The van der Waals surface area contributed by atoms with Crippen LogP contribution >= 0.6 is 34.8 Å². The Hall–Kier alpha value is -0.990. The van der Waals surface area contributed by atoms with Crippen molar-refractivity contribution in [3.8, 4) is 5.75 Å². The molecule has 6 nitrogen and oxygen atoms in total. The van der Waals surface area contributed by atoms with E-state index in [1.807, 2.05) is 0 Å². The number of ether oxygens (including phenoxy) is 1. The number of nitrogens with zero attached hydrogens (tertiary/aromatic N) is 1. The Balaban J connectivity index is 1.85. The maximum absolute atomic E-state index is 12.2. The number of halogens is 3. The van der Waals surface area contributed by atoms with Gasteiger partial charge in [-0.2, -0.15) is 0 Å². The minimum atomic E-state index is -3.47. The summed E-state index contributed by atoms with van der Waals surface area (Å²) in [5.74, 6) is 0.0604. The van der Waals surface area contributed by atoms with Crippen molar-refractivity contribution in [3.05, 3.63) is 39.2 Å². The largest absolute Gasteiger partial charge is 0.482 e. The van der Waals surface area contributed by atoms with Crippen LogP contribution in [0.3, 0.4) is 0 Å². The first kappa shape index (κ1) is 20.3. The van der Waals surface area contributed by atoms with E-state index in [2.05, 4.69) is 11.3 Å². The van der Waals surface area contributed by atoms with Crippen LogP contribution in [0.1, 0.15) is 12.8 Å². The zero-order valence-corrected chi connectivity index (χ0v) is 16.3. The molecule has 1 amide bonds. The SMILES string of the molecule is C=CS(=O)(=O)NC1CCN(C(=O)COc2cc(Cl)c(Cl)cc2Cl)CC1. The second kappa shape index (κ2) is 8.60. The highest BCUT2D eigenvalue weighted by atomic mass is 35.5. The lowest BCUT2D eigenvalue weighted by Crippen LogP contribution is -2.47. The van der Waals surface area contributed by atoms with Crippen molar-refractivity contribution in [1.29, 1.82) is 0 Å². The first-order valence-electron chi connectivity index (χ1n) is 7.41. The zero-order valence-electron chi connectivity index (χ0n) is 13.2. The quantitative estimate of drug-likeness (QED) is 0.708. The number of nitrogens with one attached hydrogen (secondary N) is 1. The van der Waals surface area contributed by atoms with Gasteiger partial charge in [0.05, 0.1) is 15.1 Å². The summed E-state index contributed by atoms with van der Waals surface area (Å²) in [7, 11) is -3.47. The van der Waals surface area contributed by atoms with Gasteiger partial charge in [0, 0.05) is 30.6 Å².